The fraction of sp³-hybridized carbons (Fsp3) is 0.0400. The Balaban J connectivity index is 1.05. The maximum atomic E-state index is 2.45. The summed E-state index contributed by atoms with van der Waals surface area (Å²) >= 11 is 0. The van der Waals surface area contributed by atoms with Crippen LogP contribution in [0.15, 0.2) is 182 Å². The van der Waals surface area contributed by atoms with Crippen molar-refractivity contribution in [1.29, 1.82) is 0 Å². The van der Waals surface area contributed by atoms with Crippen molar-refractivity contribution in [2.24, 2.45) is 0 Å². The maximum Gasteiger partial charge on any atom is 0.0541 e. The molecule has 1 aromatic heterocycles. The molecule has 0 amide bonds. The minimum absolute atomic E-state index is 0.963. The zero-order valence-electron chi connectivity index (χ0n) is 28.5. The van der Waals surface area contributed by atoms with E-state index in [0.717, 1.165) is 6.42 Å². The summed E-state index contributed by atoms with van der Waals surface area (Å²) in [6, 6.07) is 67.0. The Bertz CT molecular complexity index is 2770. The van der Waals surface area contributed by atoms with Gasteiger partial charge in [-0.1, -0.05) is 133 Å². The first-order chi connectivity index (χ1) is 25.2. The fourth-order valence-corrected chi connectivity index (χ4v) is 8.09. The molecule has 1 aliphatic rings. The molecule has 0 aliphatic heterocycles. The normalized spacial score (nSPS) is 11.9. The van der Waals surface area contributed by atoms with Crippen LogP contribution in [-0.2, 0) is 6.42 Å². The van der Waals surface area contributed by atoms with Gasteiger partial charge in [0.05, 0.1) is 11.0 Å². The van der Waals surface area contributed by atoms with Gasteiger partial charge in [-0.15, -0.1) is 0 Å². The summed E-state index contributed by atoms with van der Waals surface area (Å²) in [5.41, 5.74) is 20.3. The maximum absolute atomic E-state index is 2.45. The molecule has 10 rings (SSSR count). The Morgan fingerprint density at radius 3 is 1.47 bits per heavy atom. The van der Waals surface area contributed by atoms with Crippen LogP contribution in [-0.4, -0.2) is 4.57 Å². The molecule has 1 heterocycles. The van der Waals surface area contributed by atoms with Gasteiger partial charge < -0.3 is 4.57 Å². The van der Waals surface area contributed by atoms with E-state index in [4.69, 9.17) is 0 Å². The highest BCUT2D eigenvalue weighted by Gasteiger charge is 2.21. The number of hydrogen-bond donors (Lipinski definition) is 0. The summed E-state index contributed by atoms with van der Waals surface area (Å²) in [5, 5.41) is 2.58. The molecule has 1 aliphatic carbocycles. The fourth-order valence-electron chi connectivity index (χ4n) is 8.09. The number of fused-ring (bicyclic) bond motifs is 6. The molecule has 8 aromatic carbocycles. The first kappa shape index (κ1) is 29.5. The second-order valence-corrected chi connectivity index (χ2v) is 13.9. The number of nitrogens with zero attached hydrogens (tertiary/aromatic N) is 1. The molecule has 0 saturated carbocycles. The lowest BCUT2D eigenvalue weighted by molar-refractivity contribution is 1.17. The summed E-state index contributed by atoms with van der Waals surface area (Å²) in [6.07, 6.45) is 0.963. The van der Waals surface area contributed by atoms with Gasteiger partial charge in [0, 0.05) is 16.5 Å². The molecule has 0 saturated heterocycles. The molecule has 0 atom stereocenters. The zero-order valence-corrected chi connectivity index (χ0v) is 28.5. The van der Waals surface area contributed by atoms with E-state index in [-0.39, 0.29) is 0 Å². The number of benzene rings is 8. The zero-order chi connectivity index (χ0) is 33.9. The van der Waals surface area contributed by atoms with E-state index in [1.165, 1.54) is 99.8 Å². The third kappa shape index (κ3) is 5.09. The summed E-state index contributed by atoms with van der Waals surface area (Å²) in [6.45, 7) is 2.19. The van der Waals surface area contributed by atoms with Crippen LogP contribution in [0.25, 0.3) is 83.1 Å². The molecule has 0 unspecified atom stereocenters. The average Bonchev–Trinajstić information content (AvgIpc) is 3.72. The van der Waals surface area contributed by atoms with Crippen LogP contribution in [0.5, 0.6) is 0 Å². The molecular formula is C50H35N. The molecule has 0 radical (unpaired) electrons. The van der Waals surface area contributed by atoms with Crippen molar-refractivity contribution in [3.8, 4) is 61.3 Å². The topological polar surface area (TPSA) is 4.93 Å². The van der Waals surface area contributed by atoms with Gasteiger partial charge in [0.25, 0.3) is 0 Å². The molecule has 0 spiro atoms. The molecule has 0 N–H and O–H groups in total. The lowest BCUT2D eigenvalue weighted by Crippen LogP contribution is -1.95. The summed E-state index contributed by atoms with van der Waals surface area (Å²) in [5.74, 6) is 0. The highest BCUT2D eigenvalue weighted by Crippen LogP contribution is 2.42. The van der Waals surface area contributed by atoms with E-state index >= 15 is 0 Å². The van der Waals surface area contributed by atoms with E-state index in [1.54, 1.807) is 0 Å². The van der Waals surface area contributed by atoms with Crippen molar-refractivity contribution in [1.82, 2.24) is 4.57 Å². The van der Waals surface area contributed by atoms with Crippen LogP contribution in [0.1, 0.15) is 16.7 Å². The van der Waals surface area contributed by atoms with Gasteiger partial charge in [-0.05, 0) is 135 Å². The molecule has 1 nitrogen and oxygen atoms in total. The van der Waals surface area contributed by atoms with Gasteiger partial charge in [-0.25, -0.2) is 0 Å². The number of hydrogen-bond acceptors (Lipinski definition) is 0. The molecule has 0 bridgehead atoms. The van der Waals surface area contributed by atoms with Crippen LogP contribution >= 0.6 is 0 Å². The Hall–Kier alpha value is -6.44. The van der Waals surface area contributed by atoms with Crippen LogP contribution in [0, 0.1) is 6.92 Å². The molecule has 0 fully saturated rings. The van der Waals surface area contributed by atoms with Gasteiger partial charge in [-0.2, -0.15) is 0 Å². The van der Waals surface area contributed by atoms with Crippen LogP contribution < -0.4 is 0 Å². The number of rotatable bonds is 5. The minimum atomic E-state index is 0.963. The lowest BCUT2D eigenvalue weighted by atomic mass is 9.94. The van der Waals surface area contributed by atoms with E-state index in [2.05, 4.69) is 193 Å². The predicted molar refractivity (Wildman–Crippen MR) is 216 cm³/mol. The molecular weight excluding hydrogens is 615 g/mol. The first-order valence-electron chi connectivity index (χ1n) is 17.8. The van der Waals surface area contributed by atoms with Gasteiger partial charge >= 0.3 is 0 Å². The number of aromatic nitrogens is 1. The largest absolute Gasteiger partial charge is 0.309 e. The summed E-state index contributed by atoms with van der Waals surface area (Å²) < 4.78 is 2.45. The van der Waals surface area contributed by atoms with Gasteiger partial charge in [0.1, 0.15) is 0 Å². The highest BCUT2D eigenvalue weighted by atomic mass is 15.0. The van der Waals surface area contributed by atoms with Gasteiger partial charge in [0.15, 0.2) is 0 Å². The Morgan fingerprint density at radius 1 is 0.353 bits per heavy atom. The molecule has 9 aromatic rings. The van der Waals surface area contributed by atoms with E-state index < -0.39 is 0 Å². The van der Waals surface area contributed by atoms with Crippen molar-refractivity contribution in [2.75, 3.05) is 0 Å². The van der Waals surface area contributed by atoms with Crippen LogP contribution in [0.4, 0.5) is 0 Å². The van der Waals surface area contributed by atoms with E-state index in [9.17, 15) is 0 Å². The predicted octanol–water partition coefficient (Wildman–Crippen LogP) is 13.3. The summed E-state index contributed by atoms with van der Waals surface area (Å²) in [4.78, 5) is 0. The second kappa shape index (κ2) is 11.9. The van der Waals surface area contributed by atoms with Crippen molar-refractivity contribution in [2.45, 2.75) is 13.3 Å². The molecule has 51 heavy (non-hydrogen) atoms. The average molecular weight is 650 g/mol. The van der Waals surface area contributed by atoms with Crippen molar-refractivity contribution in [3.05, 3.63) is 199 Å². The van der Waals surface area contributed by atoms with E-state index in [0.29, 0.717) is 0 Å². The van der Waals surface area contributed by atoms with Crippen molar-refractivity contribution in [3.63, 3.8) is 0 Å². The lowest BCUT2D eigenvalue weighted by Gasteiger charge is -2.12. The first-order valence-corrected chi connectivity index (χ1v) is 17.8. The molecule has 1 heteroatoms. The van der Waals surface area contributed by atoms with Gasteiger partial charge in [0.2, 0.25) is 0 Å². The molecule has 240 valence electrons. The Labute approximate surface area is 298 Å². The monoisotopic (exact) mass is 649 g/mol. The van der Waals surface area contributed by atoms with E-state index in [1.807, 2.05) is 0 Å². The van der Waals surface area contributed by atoms with Gasteiger partial charge in [-0.3, -0.25) is 0 Å². The SMILES string of the molecule is Cc1ccc2c(c1)c1cc(-c3ccccc3)ccc1n2-c1ccc2c(c1)-c1cc(-c3cccc(-c4cccc(-c5ccccc5)c4)c3)ccc1C2. The standard InChI is InChI=1S/C50H35N/c1-33-18-24-49-47(26-33)48-31-40(35-12-6-3-7-13-35)22-25-50(48)51(49)44-23-21-43-29-42-20-19-41(30-45(42)46(43)32-44)39-17-9-16-38(28-39)37-15-8-14-36(27-37)34-10-4-2-5-11-34/h2-28,30-32H,29H2,1H3. The van der Waals surface area contributed by atoms with Crippen molar-refractivity contribution < 1.29 is 0 Å². The smallest absolute Gasteiger partial charge is 0.0541 e. The van der Waals surface area contributed by atoms with Crippen LogP contribution in [0.3, 0.4) is 0 Å². The third-order valence-corrected chi connectivity index (χ3v) is 10.7. The van der Waals surface area contributed by atoms with Crippen molar-refractivity contribution >= 4 is 21.8 Å². The minimum Gasteiger partial charge on any atom is -0.309 e. The Kier molecular flexibility index (Phi) is 6.85. The van der Waals surface area contributed by atoms with Crippen LogP contribution in [0.2, 0.25) is 0 Å². The third-order valence-electron chi connectivity index (χ3n) is 10.7. The Morgan fingerprint density at radius 2 is 0.824 bits per heavy atom. The second-order valence-electron chi connectivity index (χ2n) is 13.9. The quantitative estimate of drug-likeness (QED) is 0.175. The number of aryl methyl sites for hydroxylation is 1. The highest BCUT2D eigenvalue weighted by molar-refractivity contribution is 6.11. The summed E-state index contributed by atoms with van der Waals surface area (Å²) in [7, 11) is 0.